The zero-order chi connectivity index (χ0) is 21.2. The Morgan fingerprint density at radius 1 is 0.719 bits per heavy atom. The number of nitrogens with zero attached hydrogens (tertiary/aromatic N) is 2. The van der Waals surface area contributed by atoms with Gasteiger partial charge < -0.3 is 4.42 Å². The van der Waals surface area contributed by atoms with Crippen LogP contribution in [-0.4, -0.2) is 9.38 Å². The van der Waals surface area contributed by atoms with Crippen LogP contribution in [-0.2, 0) is 0 Å². The maximum absolute atomic E-state index is 13.4. The number of aromatic nitrogens is 2. The molecule has 0 fully saturated rings. The normalized spacial score (nSPS) is 11.9. The van der Waals surface area contributed by atoms with E-state index in [1.807, 2.05) is 84.9 Å². The average molecular weight is 412 g/mol. The van der Waals surface area contributed by atoms with Gasteiger partial charge in [-0.2, -0.15) is 0 Å². The van der Waals surface area contributed by atoms with Crippen LogP contribution in [0.1, 0.15) is 0 Å². The lowest BCUT2D eigenvalue weighted by Gasteiger charge is -2.09. The molecule has 3 aromatic heterocycles. The van der Waals surface area contributed by atoms with Gasteiger partial charge in [0.25, 0.3) is 5.56 Å². The van der Waals surface area contributed by atoms with Gasteiger partial charge in [-0.3, -0.25) is 9.20 Å². The van der Waals surface area contributed by atoms with Crippen molar-refractivity contribution in [2.24, 2.45) is 0 Å². The number of benzene rings is 4. The maximum Gasteiger partial charge on any atom is 0.266 e. The molecule has 0 spiro atoms. The number of pyridine rings is 1. The van der Waals surface area contributed by atoms with Gasteiger partial charge in [-0.25, -0.2) is 4.98 Å². The van der Waals surface area contributed by atoms with E-state index in [1.54, 1.807) is 4.40 Å². The van der Waals surface area contributed by atoms with E-state index in [0.29, 0.717) is 16.6 Å². The highest BCUT2D eigenvalue weighted by atomic mass is 16.3. The summed E-state index contributed by atoms with van der Waals surface area (Å²) >= 11 is 0. The Kier molecular flexibility index (Phi) is 3.39. The lowest BCUT2D eigenvalue weighted by Crippen LogP contribution is -2.15. The van der Waals surface area contributed by atoms with Gasteiger partial charge >= 0.3 is 0 Å². The molecular formula is C28H16N2O2. The zero-order valence-corrected chi connectivity index (χ0v) is 16.9. The van der Waals surface area contributed by atoms with Crippen LogP contribution < -0.4 is 5.56 Å². The molecule has 0 N–H and O–H groups in total. The van der Waals surface area contributed by atoms with Crippen LogP contribution in [0.3, 0.4) is 0 Å². The Bertz CT molecular complexity index is 1910. The van der Waals surface area contributed by atoms with Crippen molar-refractivity contribution in [3.8, 4) is 11.1 Å². The average Bonchev–Trinajstić information content (AvgIpc) is 3.22. The van der Waals surface area contributed by atoms with Gasteiger partial charge in [-0.05, 0) is 59.0 Å². The predicted octanol–water partition coefficient (Wildman–Crippen LogP) is 6.57. The largest absolute Gasteiger partial charge is 0.456 e. The molecule has 0 aliphatic carbocycles. The lowest BCUT2D eigenvalue weighted by molar-refractivity contribution is 0.669. The molecule has 0 saturated heterocycles. The van der Waals surface area contributed by atoms with Crippen LogP contribution in [0.25, 0.3) is 60.5 Å². The molecule has 4 aromatic carbocycles. The van der Waals surface area contributed by atoms with Gasteiger partial charge in [0, 0.05) is 10.8 Å². The highest BCUT2D eigenvalue weighted by molar-refractivity contribution is 6.12. The van der Waals surface area contributed by atoms with Crippen LogP contribution >= 0.6 is 0 Å². The lowest BCUT2D eigenvalue weighted by atomic mass is 9.98. The Balaban J connectivity index is 1.54. The SMILES string of the molecule is O=c1c2ccc(-c3cccc4oc5ccccc5c34)cc2nc2ccc3ccccc3n12. The third-order valence-corrected chi connectivity index (χ3v) is 6.20. The fourth-order valence-electron chi connectivity index (χ4n) is 4.73. The number of para-hydroxylation sites is 2. The number of hydrogen-bond acceptors (Lipinski definition) is 3. The van der Waals surface area contributed by atoms with E-state index < -0.39 is 0 Å². The number of hydrogen-bond donors (Lipinski definition) is 0. The summed E-state index contributed by atoms with van der Waals surface area (Å²) in [6.07, 6.45) is 0. The maximum atomic E-state index is 13.4. The summed E-state index contributed by atoms with van der Waals surface area (Å²) in [5.74, 6) is 0. The van der Waals surface area contributed by atoms with Crippen molar-refractivity contribution in [3.63, 3.8) is 0 Å². The van der Waals surface area contributed by atoms with Crippen LogP contribution in [0.5, 0.6) is 0 Å². The highest BCUT2D eigenvalue weighted by Gasteiger charge is 2.14. The fourth-order valence-corrected chi connectivity index (χ4v) is 4.73. The summed E-state index contributed by atoms with van der Waals surface area (Å²) in [6.45, 7) is 0. The standard InChI is InChI=1S/C28H16N2O2/c31-28-20-14-12-18(19-8-5-11-25-27(19)21-7-2-4-10-24(21)32-25)16-22(20)29-26-15-13-17-6-1-3-9-23(17)30(26)28/h1-16H. The fraction of sp³-hybridized carbons (Fsp3) is 0. The first-order valence-electron chi connectivity index (χ1n) is 10.5. The minimum atomic E-state index is -0.0553. The Labute approximate surface area is 182 Å². The van der Waals surface area contributed by atoms with Crippen molar-refractivity contribution >= 4 is 49.4 Å². The van der Waals surface area contributed by atoms with Gasteiger partial charge in [-0.1, -0.05) is 54.6 Å². The van der Waals surface area contributed by atoms with Crippen molar-refractivity contribution in [3.05, 3.63) is 107 Å². The minimum absolute atomic E-state index is 0.0553. The summed E-state index contributed by atoms with van der Waals surface area (Å²) < 4.78 is 7.75. The topological polar surface area (TPSA) is 47.5 Å². The number of furan rings is 1. The van der Waals surface area contributed by atoms with Crippen molar-refractivity contribution in [2.75, 3.05) is 0 Å². The second kappa shape index (κ2) is 6.28. The summed E-state index contributed by atoms with van der Waals surface area (Å²) in [5.41, 5.74) is 5.93. The molecule has 150 valence electrons. The third kappa shape index (κ3) is 2.32. The molecular weight excluding hydrogens is 396 g/mol. The van der Waals surface area contributed by atoms with E-state index in [-0.39, 0.29) is 5.56 Å². The van der Waals surface area contributed by atoms with Crippen LogP contribution in [0.2, 0.25) is 0 Å². The minimum Gasteiger partial charge on any atom is -0.456 e. The first-order chi connectivity index (χ1) is 15.8. The van der Waals surface area contributed by atoms with E-state index >= 15 is 0 Å². The zero-order valence-electron chi connectivity index (χ0n) is 16.9. The molecule has 0 radical (unpaired) electrons. The molecule has 0 aliphatic heterocycles. The number of fused-ring (bicyclic) bond motifs is 7. The molecule has 4 nitrogen and oxygen atoms in total. The molecule has 7 aromatic rings. The summed E-state index contributed by atoms with van der Waals surface area (Å²) in [5, 5.41) is 3.77. The second-order valence-corrected chi connectivity index (χ2v) is 8.01. The molecule has 0 atom stereocenters. The molecule has 3 heterocycles. The van der Waals surface area contributed by atoms with E-state index in [9.17, 15) is 4.79 Å². The second-order valence-electron chi connectivity index (χ2n) is 8.01. The quantitative estimate of drug-likeness (QED) is 0.226. The van der Waals surface area contributed by atoms with Crippen molar-refractivity contribution in [1.82, 2.24) is 9.38 Å². The van der Waals surface area contributed by atoms with Gasteiger partial charge in [0.1, 0.15) is 16.8 Å². The van der Waals surface area contributed by atoms with Crippen molar-refractivity contribution < 1.29 is 4.42 Å². The highest BCUT2D eigenvalue weighted by Crippen LogP contribution is 2.37. The molecule has 0 saturated carbocycles. The summed E-state index contributed by atoms with van der Waals surface area (Å²) in [7, 11) is 0. The third-order valence-electron chi connectivity index (χ3n) is 6.20. The van der Waals surface area contributed by atoms with Crippen molar-refractivity contribution in [2.45, 2.75) is 0 Å². The molecule has 32 heavy (non-hydrogen) atoms. The number of rotatable bonds is 1. The van der Waals surface area contributed by atoms with Crippen LogP contribution in [0, 0.1) is 0 Å². The van der Waals surface area contributed by atoms with Crippen LogP contribution in [0.15, 0.2) is 106 Å². The van der Waals surface area contributed by atoms with E-state index in [0.717, 1.165) is 44.0 Å². The van der Waals surface area contributed by atoms with E-state index in [4.69, 9.17) is 9.40 Å². The summed E-state index contributed by atoms with van der Waals surface area (Å²) in [6, 6.07) is 31.8. The molecule has 7 rings (SSSR count). The van der Waals surface area contributed by atoms with Gasteiger partial charge in [0.15, 0.2) is 0 Å². The molecule has 0 amide bonds. The Morgan fingerprint density at radius 2 is 1.56 bits per heavy atom. The van der Waals surface area contributed by atoms with Gasteiger partial charge in [-0.15, -0.1) is 0 Å². The van der Waals surface area contributed by atoms with Gasteiger partial charge in [0.2, 0.25) is 0 Å². The summed E-state index contributed by atoms with van der Waals surface area (Å²) in [4.78, 5) is 18.2. The first-order valence-corrected chi connectivity index (χ1v) is 10.5. The van der Waals surface area contributed by atoms with E-state index in [2.05, 4.69) is 12.1 Å². The van der Waals surface area contributed by atoms with E-state index in [1.165, 1.54) is 0 Å². The van der Waals surface area contributed by atoms with Crippen LogP contribution in [0.4, 0.5) is 0 Å². The molecule has 0 bridgehead atoms. The van der Waals surface area contributed by atoms with Crippen molar-refractivity contribution in [1.29, 1.82) is 0 Å². The smallest absolute Gasteiger partial charge is 0.266 e. The molecule has 4 heteroatoms. The predicted molar refractivity (Wildman–Crippen MR) is 129 cm³/mol. The monoisotopic (exact) mass is 412 g/mol. The molecule has 0 unspecified atom stereocenters. The van der Waals surface area contributed by atoms with Gasteiger partial charge in [0.05, 0.1) is 16.4 Å². The Morgan fingerprint density at radius 3 is 2.53 bits per heavy atom. The Hall–Kier alpha value is -4.44. The first kappa shape index (κ1) is 17.3. The molecule has 0 aliphatic rings.